The monoisotopic (exact) mass is 1380 g/mol. The molecule has 558 valence electrons. The Kier molecular flexibility index (Phi) is 65.5. The van der Waals surface area contributed by atoms with Gasteiger partial charge in [-0.25, -0.2) is 9.13 Å². The van der Waals surface area contributed by atoms with Crippen molar-refractivity contribution >= 4 is 39.5 Å². The first kappa shape index (κ1) is 92.1. The maximum atomic E-state index is 13.1. The number of rotatable bonds is 74. The van der Waals surface area contributed by atoms with Crippen molar-refractivity contribution in [2.75, 3.05) is 39.6 Å². The minimum atomic E-state index is -4.96. The van der Waals surface area contributed by atoms with Crippen molar-refractivity contribution in [1.82, 2.24) is 0 Å². The van der Waals surface area contributed by atoms with Crippen LogP contribution in [-0.4, -0.2) is 96.7 Å². The van der Waals surface area contributed by atoms with Crippen molar-refractivity contribution in [1.29, 1.82) is 0 Å². The highest BCUT2D eigenvalue weighted by atomic mass is 31.2. The van der Waals surface area contributed by atoms with E-state index in [1.165, 1.54) is 205 Å². The zero-order valence-corrected chi connectivity index (χ0v) is 63.1. The van der Waals surface area contributed by atoms with Gasteiger partial charge < -0.3 is 33.8 Å². The van der Waals surface area contributed by atoms with Gasteiger partial charge in [0, 0.05) is 25.7 Å². The predicted molar refractivity (Wildman–Crippen MR) is 381 cm³/mol. The highest BCUT2D eigenvalue weighted by Gasteiger charge is 2.30. The van der Waals surface area contributed by atoms with Crippen molar-refractivity contribution in [3.05, 3.63) is 0 Å². The fourth-order valence-corrected chi connectivity index (χ4v) is 13.1. The maximum absolute atomic E-state index is 13.1. The summed E-state index contributed by atoms with van der Waals surface area (Å²) in [4.78, 5) is 72.7. The number of carbonyl (C=O) groups excluding carboxylic acids is 4. The number of aliphatic hydroxyl groups excluding tert-OH is 1. The second kappa shape index (κ2) is 66.9. The summed E-state index contributed by atoms with van der Waals surface area (Å²) in [5.74, 6) is -0.538. The largest absolute Gasteiger partial charge is 0.472 e. The minimum Gasteiger partial charge on any atom is -0.462 e. The molecule has 0 rings (SSSR count). The summed E-state index contributed by atoms with van der Waals surface area (Å²) >= 11 is 0. The second-order valence-electron chi connectivity index (χ2n) is 28.0. The lowest BCUT2D eigenvalue weighted by atomic mass is 10.0. The van der Waals surface area contributed by atoms with E-state index in [2.05, 4.69) is 41.5 Å². The Morgan fingerprint density at radius 1 is 0.287 bits per heavy atom. The highest BCUT2D eigenvalue weighted by molar-refractivity contribution is 7.47. The van der Waals surface area contributed by atoms with E-state index in [-0.39, 0.29) is 25.7 Å². The van der Waals surface area contributed by atoms with Crippen LogP contribution in [-0.2, 0) is 65.4 Å². The quantitative estimate of drug-likeness (QED) is 0.0222. The molecule has 0 aromatic heterocycles. The fourth-order valence-electron chi connectivity index (χ4n) is 11.5. The van der Waals surface area contributed by atoms with Gasteiger partial charge in [-0.15, -0.1) is 0 Å². The van der Waals surface area contributed by atoms with Crippen LogP contribution in [0.5, 0.6) is 0 Å². The number of hydrogen-bond acceptors (Lipinski definition) is 15. The third-order valence-corrected chi connectivity index (χ3v) is 19.4. The molecule has 17 nitrogen and oxygen atoms in total. The Balaban J connectivity index is 5.24. The van der Waals surface area contributed by atoms with Crippen molar-refractivity contribution in [2.45, 2.75) is 407 Å². The van der Waals surface area contributed by atoms with Gasteiger partial charge in [-0.1, -0.05) is 337 Å². The molecule has 0 saturated carbocycles. The maximum Gasteiger partial charge on any atom is 0.472 e. The van der Waals surface area contributed by atoms with Crippen LogP contribution in [0.2, 0.25) is 0 Å². The summed E-state index contributed by atoms with van der Waals surface area (Å²) < 4.78 is 68.5. The lowest BCUT2D eigenvalue weighted by Crippen LogP contribution is -2.30. The minimum absolute atomic E-state index is 0.107. The van der Waals surface area contributed by atoms with E-state index in [0.29, 0.717) is 25.7 Å². The van der Waals surface area contributed by atoms with Crippen molar-refractivity contribution in [3.8, 4) is 0 Å². The summed E-state index contributed by atoms with van der Waals surface area (Å²) in [6.45, 7) is 9.61. The van der Waals surface area contributed by atoms with Crippen LogP contribution >= 0.6 is 15.6 Å². The van der Waals surface area contributed by atoms with Gasteiger partial charge in [0.15, 0.2) is 12.2 Å². The molecule has 19 heteroatoms. The van der Waals surface area contributed by atoms with Gasteiger partial charge >= 0.3 is 39.5 Å². The molecule has 0 amide bonds. The molecule has 2 unspecified atom stereocenters. The van der Waals surface area contributed by atoms with Crippen LogP contribution in [0.4, 0.5) is 0 Å². The van der Waals surface area contributed by atoms with Crippen molar-refractivity contribution < 1.29 is 80.2 Å². The van der Waals surface area contributed by atoms with E-state index < -0.39 is 97.5 Å². The number of phosphoric ester groups is 2. The molecular weight excluding hydrogens is 1230 g/mol. The topological polar surface area (TPSA) is 237 Å². The average Bonchev–Trinajstić information content (AvgIpc) is 1.29. The molecule has 94 heavy (non-hydrogen) atoms. The van der Waals surface area contributed by atoms with E-state index in [0.717, 1.165) is 102 Å². The van der Waals surface area contributed by atoms with E-state index in [9.17, 15) is 43.2 Å². The first-order valence-corrected chi connectivity index (χ1v) is 42.0. The van der Waals surface area contributed by atoms with Crippen molar-refractivity contribution in [3.63, 3.8) is 0 Å². The normalized spacial score (nSPS) is 14.0. The Morgan fingerprint density at radius 3 is 0.723 bits per heavy atom. The van der Waals surface area contributed by atoms with Gasteiger partial charge in [0.25, 0.3) is 0 Å². The standard InChI is InChI=1S/C75H146O17P2/c1-7-9-11-13-15-17-18-21-29-35-41-47-53-59-74(79)91-70(63-85-72(77)57-51-45-39-31-16-14-12-10-8-2)65-89-93(81,82)87-61-69(76)62-88-94(83,84)90-66-71(92-75(80)60-54-48-42-36-30-25-20-23-27-33-38-44-50-56-68(5)6)64-86-73(78)58-52-46-40-34-28-24-19-22-26-32-37-43-49-55-67(3)4/h67-71,76H,7-66H2,1-6H3,(H,81,82)(H,83,84)/t69-,70+,71+/m0/s1. The molecule has 0 aliphatic rings. The van der Waals surface area contributed by atoms with Gasteiger partial charge in [-0.3, -0.25) is 37.3 Å². The van der Waals surface area contributed by atoms with Gasteiger partial charge in [0.2, 0.25) is 0 Å². The third-order valence-electron chi connectivity index (χ3n) is 17.5. The highest BCUT2D eigenvalue weighted by Crippen LogP contribution is 2.45. The van der Waals surface area contributed by atoms with Crippen LogP contribution in [0.1, 0.15) is 388 Å². The molecule has 0 aromatic rings. The lowest BCUT2D eigenvalue weighted by molar-refractivity contribution is -0.161. The van der Waals surface area contributed by atoms with Crippen LogP contribution in [0, 0.1) is 11.8 Å². The lowest BCUT2D eigenvalue weighted by Gasteiger charge is -2.21. The molecule has 3 N–H and O–H groups in total. The van der Waals surface area contributed by atoms with E-state index in [4.69, 9.17) is 37.0 Å². The number of hydrogen-bond donors (Lipinski definition) is 3. The molecule has 0 aliphatic carbocycles. The molecule has 0 bridgehead atoms. The first-order chi connectivity index (χ1) is 45.4. The Bertz CT molecular complexity index is 1820. The number of esters is 4. The van der Waals surface area contributed by atoms with Crippen LogP contribution < -0.4 is 0 Å². The van der Waals surface area contributed by atoms with E-state index >= 15 is 0 Å². The molecule has 0 heterocycles. The zero-order valence-electron chi connectivity index (χ0n) is 61.3. The molecular formula is C75H146O17P2. The SMILES string of the molecule is CCCCCCCCCCCCCCCC(=O)O[C@H](COC(=O)CCCCCCCCCCC)COP(=O)(O)OC[C@H](O)COP(=O)(O)OC[C@@H](COC(=O)CCCCCCCCCCCCCCCC(C)C)OC(=O)CCCCCCCCCCCCCCCC(C)C. The summed E-state index contributed by atoms with van der Waals surface area (Å²) in [7, 11) is -9.91. The molecule has 0 fully saturated rings. The Hall–Kier alpha value is -1.94. The van der Waals surface area contributed by atoms with Crippen LogP contribution in [0.25, 0.3) is 0 Å². The molecule has 0 saturated heterocycles. The van der Waals surface area contributed by atoms with Crippen LogP contribution in [0.3, 0.4) is 0 Å². The summed E-state index contributed by atoms with van der Waals surface area (Å²) in [6, 6.07) is 0. The predicted octanol–water partition coefficient (Wildman–Crippen LogP) is 21.9. The Morgan fingerprint density at radius 2 is 0.489 bits per heavy atom. The number of phosphoric acid groups is 2. The van der Waals surface area contributed by atoms with E-state index in [1.54, 1.807) is 0 Å². The summed E-state index contributed by atoms with van der Waals surface area (Å²) in [5.41, 5.74) is 0. The number of aliphatic hydroxyl groups is 1. The third kappa shape index (κ3) is 68.6. The molecule has 0 radical (unpaired) electrons. The number of unbranched alkanes of at least 4 members (excludes halogenated alkanes) is 44. The molecule has 0 aromatic carbocycles. The molecule has 0 spiro atoms. The molecule has 5 atom stereocenters. The first-order valence-electron chi connectivity index (χ1n) is 39.0. The van der Waals surface area contributed by atoms with Gasteiger partial charge in [-0.05, 0) is 37.5 Å². The Labute approximate surface area is 575 Å². The smallest absolute Gasteiger partial charge is 0.462 e. The van der Waals surface area contributed by atoms with Gasteiger partial charge in [-0.2, -0.15) is 0 Å². The van der Waals surface area contributed by atoms with Crippen molar-refractivity contribution in [2.24, 2.45) is 11.8 Å². The second-order valence-corrected chi connectivity index (χ2v) is 30.9. The number of ether oxygens (including phenoxy) is 4. The van der Waals surface area contributed by atoms with Gasteiger partial charge in [0.05, 0.1) is 26.4 Å². The zero-order chi connectivity index (χ0) is 69.3. The van der Waals surface area contributed by atoms with E-state index in [1.807, 2.05) is 0 Å². The van der Waals surface area contributed by atoms with Crippen LogP contribution in [0.15, 0.2) is 0 Å². The fraction of sp³-hybridized carbons (Fsp3) is 0.947. The average molecular weight is 1380 g/mol. The van der Waals surface area contributed by atoms with Gasteiger partial charge in [0.1, 0.15) is 19.3 Å². The summed E-state index contributed by atoms with van der Waals surface area (Å²) in [5, 5.41) is 10.6. The summed E-state index contributed by atoms with van der Waals surface area (Å²) in [6.07, 6.45) is 54.0. The number of carbonyl (C=O) groups is 4. The molecule has 0 aliphatic heterocycles.